The minimum Gasteiger partial charge on any atom is -0.368 e. The van der Waals surface area contributed by atoms with Gasteiger partial charge in [0.2, 0.25) is 0 Å². The number of allylic oxidation sites excluding steroid dienone is 3. The second kappa shape index (κ2) is 8.48. The summed E-state index contributed by atoms with van der Waals surface area (Å²) in [6.45, 7) is 2.97. The maximum absolute atomic E-state index is 14.4. The quantitative estimate of drug-likeness (QED) is 0.721. The first kappa shape index (κ1) is 20.4. The van der Waals surface area contributed by atoms with Crippen LogP contribution in [0, 0.1) is 28.4 Å². The summed E-state index contributed by atoms with van der Waals surface area (Å²) in [5, 5.41) is 15.2. The molecule has 0 radical (unpaired) electrons. The summed E-state index contributed by atoms with van der Waals surface area (Å²) in [6, 6.07) is 8.87. The maximum atomic E-state index is 14.4. The van der Waals surface area contributed by atoms with Crippen molar-refractivity contribution < 1.29 is 8.78 Å². The molecule has 0 unspecified atom stereocenters. The van der Waals surface area contributed by atoms with Gasteiger partial charge in [-0.15, -0.1) is 0 Å². The second-order valence-electron chi connectivity index (χ2n) is 7.43. The molecule has 1 aromatic carbocycles. The van der Waals surface area contributed by atoms with Gasteiger partial charge in [0.05, 0.1) is 23.1 Å². The molecule has 0 spiro atoms. The third-order valence-corrected chi connectivity index (χ3v) is 5.24. The van der Waals surface area contributed by atoms with E-state index in [0.717, 1.165) is 11.8 Å². The van der Waals surface area contributed by atoms with Gasteiger partial charge >= 0.3 is 0 Å². The zero-order valence-electron chi connectivity index (χ0n) is 16.9. The molecule has 1 aromatic heterocycles. The first-order valence-electron chi connectivity index (χ1n) is 9.83. The molecule has 156 valence electrons. The number of anilines is 1. The van der Waals surface area contributed by atoms with Gasteiger partial charge in [-0.3, -0.25) is 4.99 Å². The van der Waals surface area contributed by atoms with Crippen LogP contribution in [0.3, 0.4) is 0 Å². The first-order chi connectivity index (χ1) is 15.0. The minimum atomic E-state index is -0.685. The molecule has 0 saturated heterocycles. The van der Waals surface area contributed by atoms with Gasteiger partial charge < -0.3 is 10.6 Å². The highest BCUT2D eigenvalue weighted by molar-refractivity contribution is 6.12. The van der Waals surface area contributed by atoms with Crippen LogP contribution < -0.4 is 10.6 Å². The van der Waals surface area contributed by atoms with E-state index in [9.17, 15) is 8.78 Å². The van der Waals surface area contributed by atoms with Crippen molar-refractivity contribution in [2.24, 2.45) is 15.4 Å². The Morgan fingerprint density at radius 3 is 2.90 bits per heavy atom. The van der Waals surface area contributed by atoms with Crippen molar-refractivity contribution >= 4 is 17.5 Å². The predicted octanol–water partition coefficient (Wildman–Crippen LogP) is 3.94. The molecular formula is C23H20F2N6. The molecule has 2 N–H and O–H groups in total. The highest BCUT2D eigenvalue weighted by Gasteiger charge is 2.39. The van der Waals surface area contributed by atoms with Crippen LogP contribution >= 0.6 is 0 Å². The van der Waals surface area contributed by atoms with Gasteiger partial charge in [-0.25, -0.2) is 18.8 Å². The number of aromatic nitrogens is 1. The number of aliphatic imine (C=N–C) groups is 2. The van der Waals surface area contributed by atoms with Crippen molar-refractivity contribution in [3.05, 3.63) is 83.2 Å². The van der Waals surface area contributed by atoms with Crippen LogP contribution in [0.5, 0.6) is 0 Å². The molecule has 1 aliphatic carbocycles. The second-order valence-corrected chi connectivity index (χ2v) is 7.43. The Labute approximate surface area is 178 Å². The van der Waals surface area contributed by atoms with E-state index in [4.69, 9.17) is 5.26 Å². The fraction of sp³-hybridized carbons (Fsp3) is 0.217. The zero-order chi connectivity index (χ0) is 21.8. The SMILES string of the molecule is C[C@]12CC=CC=C1NC(c1ccc(F)cc1F)=NC2=NCCNc1ccc(C#N)cn1. The average molecular weight is 418 g/mol. The Kier molecular flexibility index (Phi) is 5.58. The van der Waals surface area contributed by atoms with Gasteiger partial charge in [-0.2, -0.15) is 5.26 Å². The lowest BCUT2D eigenvalue weighted by Crippen LogP contribution is -2.45. The smallest absolute Gasteiger partial charge is 0.142 e. The van der Waals surface area contributed by atoms with Gasteiger partial charge in [0, 0.05) is 24.5 Å². The Balaban J connectivity index is 1.57. The molecule has 2 aromatic rings. The third-order valence-electron chi connectivity index (χ3n) is 5.24. The number of rotatable bonds is 5. The van der Waals surface area contributed by atoms with Crippen LogP contribution in [-0.4, -0.2) is 29.7 Å². The number of pyridine rings is 1. The molecule has 4 rings (SSSR count). The monoisotopic (exact) mass is 418 g/mol. The van der Waals surface area contributed by atoms with Crippen molar-refractivity contribution in [3.8, 4) is 6.07 Å². The summed E-state index contributed by atoms with van der Waals surface area (Å²) in [6.07, 6.45) is 8.11. The van der Waals surface area contributed by atoms with Crippen molar-refractivity contribution in [3.63, 3.8) is 0 Å². The molecule has 0 amide bonds. The summed E-state index contributed by atoms with van der Waals surface area (Å²) >= 11 is 0. The van der Waals surface area contributed by atoms with E-state index in [0.29, 0.717) is 42.6 Å². The van der Waals surface area contributed by atoms with E-state index >= 15 is 0 Å². The fourth-order valence-electron chi connectivity index (χ4n) is 3.47. The van der Waals surface area contributed by atoms with Crippen molar-refractivity contribution in [1.82, 2.24) is 10.3 Å². The molecule has 8 heteroatoms. The van der Waals surface area contributed by atoms with Crippen LogP contribution in [-0.2, 0) is 0 Å². The number of nitrogens with zero attached hydrogens (tertiary/aromatic N) is 4. The van der Waals surface area contributed by atoms with Crippen molar-refractivity contribution in [1.29, 1.82) is 5.26 Å². The molecule has 0 fully saturated rings. The van der Waals surface area contributed by atoms with E-state index in [2.05, 4.69) is 25.6 Å². The van der Waals surface area contributed by atoms with E-state index in [-0.39, 0.29) is 5.56 Å². The summed E-state index contributed by atoms with van der Waals surface area (Å²) in [5.74, 6) is 0.204. The number of fused-ring (bicyclic) bond motifs is 1. The molecule has 1 aliphatic heterocycles. The summed E-state index contributed by atoms with van der Waals surface area (Å²) in [4.78, 5) is 13.5. The third kappa shape index (κ3) is 4.21. The number of benzene rings is 1. The lowest BCUT2D eigenvalue weighted by Gasteiger charge is -2.37. The van der Waals surface area contributed by atoms with Gasteiger partial charge in [0.1, 0.15) is 35.2 Å². The largest absolute Gasteiger partial charge is 0.368 e. The van der Waals surface area contributed by atoms with E-state index in [1.54, 1.807) is 12.1 Å². The van der Waals surface area contributed by atoms with E-state index in [1.165, 1.54) is 18.3 Å². The topological polar surface area (TPSA) is 85.5 Å². The van der Waals surface area contributed by atoms with E-state index < -0.39 is 17.0 Å². The summed E-state index contributed by atoms with van der Waals surface area (Å²) in [5.41, 5.74) is 1.09. The summed E-state index contributed by atoms with van der Waals surface area (Å²) < 4.78 is 27.7. The van der Waals surface area contributed by atoms with Gasteiger partial charge in [-0.1, -0.05) is 12.2 Å². The highest BCUT2D eigenvalue weighted by atomic mass is 19.1. The van der Waals surface area contributed by atoms with Crippen LogP contribution in [0.4, 0.5) is 14.6 Å². The fourth-order valence-corrected chi connectivity index (χ4v) is 3.47. The maximum Gasteiger partial charge on any atom is 0.142 e. The number of nitrogens with one attached hydrogen (secondary N) is 2. The molecule has 2 heterocycles. The molecule has 31 heavy (non-hydrogen) atoms. The highest BCUT2D eigenvalue weighted by Crippen LogP contribution is 2.38. The number of nitriles is 1. The van der Waals surface area contributed by atoms with Crippen molar-refractivity contribution in [2.45, 2.75) is 13.3 Å². The molecule has 6 nitrogen and oxygen atoms in total. The predicted molar refractivity (Wildman–Crippen MR) is 116 cm³/mol. The number of hydrogen-bond acceptors (Lipinski definition) is 5. The average Bonchev–Trinajstić information content (AvgIpc) is 2.77. The van der Waals surface area contributed by atoms with Crippen LogP contribution in [0.2, 0.25) is 0 Å². The van der Waals surface area contributed by atoms with Crippen LogP contribution in [0.25, 0.3) is 0 Å². The molecular weight excluding hydrogens is 398 g/mol. The Bertz CT molecular complexity index is 1160. The minimum absolute atomic E-state index is 0.187. The number of hydrogen-bond donors (Lipinski definition) is 2. The molecule has 1 atom stereocenters. The Morgan fingerprint density at radius 2 is 2.16 bits per heavy atom. The molecule has 0 saturated carbocycles. The first-order valence-corrected chi connectivity index (χ1v) is 9.83. The standard InChI is InChI=1S/C23H20F2N6/c1-23-9-3-2-4-19(23)30-21(17-7-6-16(24)12-18(17)25)31-22(23)28-11-10-27-20-8-5-15(13-26)14-29-20/h2-8,12,14H,9-11H2,1H3,(H,27,29)(H,28,30,31)/t23-/m0/s1. The summed E-state index contributed by atoms with van der Waals surface area (Å²) in [7, 11) is 0. The Hall–Kier alpha value is -3.86. The molecule has 2 aliphatic rings. The Morgan fingerprint density at radius 1 is 1.29 bits per heavy atom. The van der Waals surface area contributed by atoms with E-state index in [1.807, 2.05) is 31.2 Å². The van der Waals surface area contributed by atoms with Gasteiger partial charge in [0.15, 0.2) is 0 Å². The molecule has 0 bridgehead atoms. The van der Waals surface area contributed by atoms with Gasteiger partial charge in [0.25, 0.3) is 0 Å². The zero-order valence-corrected chi connectivity index (χ0v) is 16.9. The lowest BCUT2D eigenvalue weighted by molar-refractivity contribution is 0.519. The normalized spacial score (nSPS) is 20.9. The lowest BCUT2D eigenvalue weighted by atomic mass is 9.78. The van der Waals surface area contributed by atoms with Crippen molar-refractivity contribution in [2.75, 3.05) is 18.4 Å². The number of amidine groups is 2. The van der Waals surface area contributed by atoms with Crippen LogP contribution in [0.15, 0.2) is 70.4 Å². The van der Waals surface area contributed by atoms with Crippen LogP contribution in [0.1, 0.15) is 24.5 Å². The number of halogens is 2. The van der Waals surface area contributed by atoms with Gasteiger partial charge in [-0.05, 0) is 43.7 Å².